The van der Waals surface area contributed by atoms with Crippen molar-refractivity contribution in [2.75, 3.05) is 7.05 Å². The first-order valence-electron chi connectivity index (χ1n) is 5.29. The second kappa shape index (κ2) is 3.38. The van der Waals surface area contributed by atoms with Crippen molar-refractivity contribution in [2.45, 2.75) is 19.4 Å². The Hall–Kier alpha value is -1.28. The number of hydrogen-bond donors (Lipinski definition) is 1. The van der Waals surface area contributed by atoms with Crippen LogP contribution < -0.4 is 5.32 Å². The Morgan fingerprint density at radius 2 is 1.93 bits per heavy atom. The highest BCUT2D eigenvalue weighted by molar-refractivity contribution is 5.81. The van der Waals surface area contributed by atoms with Crippen LogP contribution in [0.3, 0.4) is 0 Å². The van der Waals surface area contributed by atoms with Gasteiger partial charge in [0.2, 0.25) is 0 Å². The van der Waals surface area contributed by atoms with E-state index < -0.39 is 0 Å². The molecule has 2 nitrogen and oxygen atoms in total. The molecule has 0 fully saturated rings. The fourth-order valence-corrected chi connectivity index (χ4v) is 1.80. The van der Waals surface area contributed by atoms with Gasteiger partial charge < -0.3 is 9.88 Å². The van der Waals surface area contributed by atoms with E-state index in [-0.39, 0.29) is 5.54 Å². The van der Waals surface area contributed by atoms with Gasteiger partial charge in [-0.25, -0.2) is 0 Å². The zero-order valence-electron chi connectivity index (χ0n) is 9.83. The van der Waals surface area contributed by atoms with E-state index in [1.165, 1.54) is 16.5 Å². The van der Waals surface area contributed by atoms with Gasteiger partial charge in [-0.15, -0.1) is 0 Å². The number of aromatic nitrogens is 1. The van der Waals surface area contributed by atoms with Crippen molar-refractivity contribution in [3.8, 4) is 0 Å². The molecule has 1 aromatic carbocycles. The van der Waals surface area contributed by atoms with Crippen LogP contribution in [0.25, 0.3) is 10.9 Å². The van der Waals surface area contributed by atoms with Crippen LogP contribution in [0.1, 0.15) is 19.4 Å². The van der Waals surface area contributed by atoms with Crippen LogP contribution in [0.15, 0.2) is 30.5 Å². The van der Waals surface area contributed by atoms with E-state index in [0.717, 1.165) is 0 Å². The molecule has 0 aliphatic heterocycles. The lowest BCUT2D eigenvalue weighted by Gasteiger charge is -2.24. The van der Waals surface area contributed by atoms with Gasteiger partial charge in [0.1, 0.15) is 0 Å². The molecule has 0 radical (unpaired) electrons. The highest BCUT2D eigenvalue weighted by Gasteiger charge is 2.17. The van der Waals surface area contributed by atoms with Crippen LogP contribution in [0.4, 0.5) is 0 Å². The second-order valence-electron chi connectivity index (χ2n) is 4.58. The summed E-state index contributed by atoms with van der Waals surface area (Å²) in [5.74, 6) is 0. The normalized spacial score (nSPS) is 12.3. The summed E-state index contributed by atoms with van der Waals surface area (Å²) in [5, 5.41) is 4.62. The van der Waals surface area contributed by atoms with Crippen LogP contribution in [0.5, 0.6) is 0 Å². The standard InChI is InChI=1S/C13H18N2/c1-13(2,14-3)11-6-5-10-7-8-15(4)12(10)9-11/h5-9,14H,1-4H3. The Balaban J connectivity index is 2.59. The van der Waals surface area contributed by atoms with Crippen LogP contribution in [-0.4, -0.2) is 11.6 Å². The summed E-state index contributed by atoms with van der Waals surface area (Å²) in [7, 11) is 4.08. The summed E-state index contributed by atoms with van der Waals surface area (Å²) in [6.07, 6.45) is 2.10. The van der Waals surface area contributed by atoms with E-state index in [1.807, 2.05) is 7.05 Å². The smallest absolute Gasteiger partial charge is 0.0481 e. The quantitative estimate of drug-likeness (QED) is 0.792. The lowest BCUT2D eigenvalue weighted by atomic mass is 9.94. The minimum absolute atomic E-state index is 0.0263. The van der Waals surface area contributed by atoms with Gasteiger partial charge in [-0.1, -0.05) is 12.1 Å². The Labute approximate surface area is 90.9 Å². The summed E-state index contributed by atoms with van der Waals surface area (Å²) in [6.45, 7) is 4.38. The average molecular weight is 202 g/mol. The molecule has 0 saturated carbocycles. The molecule has 0 unspecified atom stereocenters. The molecule has 0 bridgehead atoms. The number of hydrogen-bond acceptors (Lipinski definition) is 1. The lowest BCUT2D eigenvalue weighted by Crippen LogP contribution is -2.33. The van der Waals surface area contributed by atoms with Gasteiger partial charge in [0.25, 0.3) is 0 Å². The molecule has 2 rings (SSSR count). The summed E-state index contributed by atoms with van der Waals surface area (Å²) in [4.78, 5) is 0. The molecule has 1 heterocycles. The predicted molar refractivity (Wildman–Crippen MR) is 65.0 cm³/mol. The Bertz CT molecular complexity index is 480. The van der Waals surface area contributed by atoms with Gasteiger partial charge in [0.15, 0.2) is 0 Å². The largest absolute Gasteiger partial charge is 0.351 e. The zero-order valence-corrected chi connectivity index (χ0v) is 9.83. The van der Waals surface area contributed by atoms with Gasteiger partial charge in [-0.3, -0.25) is 0 Å². The summed E-state index contributed by atoms with van der Waals surface area (Å²) in [6, 6.07) is 8.78. The Morgan fingerprint density at radius 1 is 1.20 bits per heavy atom. The van der Waals surface area contributed by atoms with Crippen LogP contribution in [-0.2, 0) is 12.6 Å². The first-order valence-corrected chi connectivity index (χ1v) is 5.29. The number of nitrogens with zero attached hydrogens (tertiary/aromatic N) is 1. The maximum Gasteiger partial charge on any atom is 0.0481 e. The lowest BCUT2D eigenvalue weighted by molar-refractivity contribution is 0.445. The molecule has 0 aliphatic rings. The topological polar surface area (TPSA) is 17.0 Å². The maximum atomic E-state index is 3.32. The second-order valence-corrected chi connectivity index (χ2v) is 4.58. The van der Waals surface area contributed by atoms with Crippen molar-refractivity contribution in [3.63, 3.8) is 0 Å². The monoisotopic (exact) mass is 202 g/mol. The van der Waals surface area contributed by atoms with E-state index in [9.17, 15) is 0 Å². The molecule has 0 atom stereocenters. The molecule has 0 aliphatic carbocycles. The predicted octanol–water partition coefficient (Wildman–Crippen LogP) is 2.63. The highest BCUT2D eigenvalue weighted by atomic mass is 14.9. The number of nitrogens with one attached hydrogen (secondary N) is 1. The van der Waals surface area contributed by atoms with Crippen molar-refractivity contribution >= 4 is 10.9 Å². The van der Waals surface area contributed by atoms with Crippen LogP contribution in [0.2, 0.25) is 0 Å². The van der Waals surface area contributed by atoms with Gasteiger partial charge in [-0.05, 0) is 44.0 Å². The third-order valence-corrected chi connectivity index (χ3v) is 3.23. The zero-order chi connectivity index (χ0) is 11.1. The first-order chi connectivity index (χ1) is 7.04. The minimum atomic E-state index is 0.0263. The van der Waals surface area contributed by atoms with Crippen LogP contribution >= 0.6 is 0 Å². The number of fused-ring (bicyclic) bond motifs is 1. The fourth-order valence-electron chi connectivity index (χ4n) is 1.80. The fraction of sp³-hybridized carbons (Fsp3) is 0.385. The van der Waals surface area contributed by atoms with Gasteiger partial charge >= 0.3 is 0 Å². The number of aryl methyl sites for hydroxylation is 1. The third-order valence-electron chi connectivity index (χ3n) is 3.23. The molecule has 0 amide bonds. The molecule has 80 valence electrons. The molecule has 15 heavy (non-hydrogen) atoms. The van der Waals surface area contributed by atoms with E-state index in [0.29, 0.717) is 0 Å². The molecule has 2 heteroatoms. The summed E-state index contributed by atoms with van der Waals surface area (Å²) < 4.78 is 2.16. The van der Waals surface area contributed by atoms with Crippen molar-refractivity contribution < 1.29 is 0 Å². The highest BCUT2D eigenvalue weighted by Crippen LogP contribution is 2.24. The van der Waals surface area contributed by atoms with E-state index in [2.05, 4.69) is 61.2 Å². The van der Waals surface area contributed by atoms with Gasteiger partial charge in [0, 0.05) is 24.3 Å². The molecular formula is C13H18N2. The van der Waals surface area contributed by atoms with Crippen LogP contribution in [0, 0.1) is 0 Å². The van der Waals surface area contributed by atoms with Crippen molar-refractivity contribution in [3.05, 3.63) is 36.0 Å². The Kier molecular flexibility index (Phi) is 2.31. The van der Waals surface area contributed by atoms with Crippen molar-refractivity contribution in [2.24, 2.45) is 7.05 Å². The maximum absolute atomic E-state index is 3.32. The molecule has 1 aromatic heterocycles. The number of benzene rings is 1. The summed E-state index contributed by atoms with van der Waals surface area (Å²) in [5.41, 5.74) is 2.63. The molecule has 2 aromatic rings. The van der Waals surface area contributed by atoms with Gasteiger partial charge in [-0.2, -0.15) is 0 Å². The van der Waals surface area contributed by atoms with E-state index in [1.54, 1.807) is 0 Å². The molecular weight excluding hydrogens is 184 g/mol. The third kappa shape index (κ3) is 1.65. The molecule has 1 N–H and O–H groups in total. The summed E-state index contributed by atoms with van der Waals surface area (Å²) >= 11 is 0. The molecule has 0 spiro atoms. The molecule has 0 saturated heterocycles. The Morgan fingerprint density at radius 3 is 2.60 bits per heavy atom. The van der Waals surface area contributed by atoms with Crippen molar-refractivity contribution in [1.29, 1.82) is 0 Å². The first kappa shape index (κ1) is 10.2. The van der Waals surface area contributed by atoms with E-state index >= 15 is 0 Å². The average Bonchev–Trinajstić information content (AvgIpc) is 2.60. The SMILES string of the molecule is CNC(C)(C)c1ccc2ccn(C)c2c1. The number of rotatable bonds is 2. The van der Waals surface area contributed by atoms with E-state index in [4.69, 9.17) is 0 Å². The van der Waals surface area contributed by atoms with Gasteiger partial charge in [0.05, 0.1) is 0 Å². The minimum Gasteiger partial charge on any atom is -0.351 e. The van der Waals surface area contributed by atoms with Crippen molar-refractivity contribution in [1.82, 2.24) is 9.88 Å².